The molecule has 2 fully saturated rings. The van der Waals surface area contributed by atoms with Crippen molar-refractivity contribution in [3.63, 3.8) is 0 Å². The first-order valence-corrected chi connectivity index (χ1v) is 5.57. The molecule has 0 saturated heterocycles. The first kappa shape index (κ1) is 7.55. The molecular formula is C7H12O3S. The second-order valence-electron chi connectivity index (χ2n) is 3.54. The highest BCUT2D eigenvalue weighted by atomic mass is 32.2. The third-order valence-electron chi connectivity index (χ3n) is 2.63. The van der Waals surface area contributed by atoms with Crippen LogP contribution in [0.5, 0.6) is 0 Å². The van der Waals surface area contributed by atoms with Crippen LogP contribution in [0.15, 0.2) is 0 Å². The minimum Gasteiger partial charge on any atom is -0.374 e. The van der Waals surface area contributed by atoms with Gasteiger partial charge in [0.2, 0.25) is 0 Å². The van der Waals surface area contributed by atoms with Gasteiger partial charge in [-0.15, -0.1) is 0 Å². The van der Waals surface area contributed by atoms with Crippen LogP contribution in [0.25, 0.3) is 0 Å². The van der Waals surface area contributed by atoms with Gasteiger partial charge in [0.15, 0.2) is 14.8 Å². The minimum atomic E-state index is -3.17. The van der Waals surface area contributed by atoms with Crippen molar-refractivity contribution < 1.29 is 13.5 Å². The lowest BCUT2D eigenvalue weighted by molar-refractivity contribution is 0.0468. The minimum absolute atomic E-state index is 0.215. The SMILES string of the molecule is O=S(=O)(C1CC1)C1(O)CCC1. The molecule has 0 aliphatic heterocycles. The molecule has 4 heteroatoms. The van der Waals surface area contributed by atoms with Gasteiger partial charge < -0.3 is 5.11 Å². The number of rotatable bonds is 2. The first-order chi connectivity index (χ1) is 5.06. The van der Waals surface area contributed by atoms with Gasteiger partial charge in [-0.2, -0.15) is 0 Å². The van der Waals surface area contributed by atoms with E-state index < -0.39 is 14.8 Å². The summed E-state index contributed by atoms with van der Waals surface area (Å²) in [6, 6.07) is 0. The van der Waals surface area contributed by atoms with Crippen LogP contribution in [0.3, 0.4) is 0 Å². The molecule has 64 valence electrons. The van der Waals surface area contributed by atoms with E-state index in [0.717, 1.165) is 19.3 Å². The predicted octanol–water partition coefficient (Wildman–Crippen LogP) is 0.436. The number of hydrogen-bond donors (Lipinski definition) is 1. The monoisotopic (exact) mass is 176 g/mol. The number of aliphatic hydroxyl groups is 1. The van der Waals surface area contributed by atoms with E-state index in [9.17, 15) is 13.5 Å². The first-order valence-electron chi connectivity index (χ1n) is 4.02. The molecule has 2 aliphatic carbocycles. The Bertz CT molecular complexity index is 259. The van der Waals surface area contributed by atoms with Crippen LogP contribution >= 0.6 is 0 Å². The summed E-state index contributed by atoms with van der Waals surface area (Å²) in [4.78, 5) is -1.33. The molecule has 0 spiro atoms. The van der Waals surface area contributed by atoms with E-state index in [4.69, 9.17) is 0 Å². The van der Waals surface area contributed by atoms with E-state index in [1.165, 1.54) is 0 Å². The van der Waals surface area contributed by atoms with Crippen LogP contribution in [-0.2, 0) is 9.84 Å². The maximum absolute atomic E-state index is 11.4. The molecule has 3 nitrogen and oxygen atoms in total. The molecule has 2 aliphatic rings. The molecule has 1 N–H and O–H groups in total. The normalized spacial score (nSPS) is 29.5. The molecule has 0 radical (unpaired) electrons. The van der Waals surface area contributed by atoms with Crippen molar-refractivity contribution in [2.24, 2.45) is 0 Å². The van der Waals surface area contributed by atoms with Crippen molar-refractivity contribution in [1.82, 2.24) is 0 Å². The van der Waals surface area contributed by atoms with Crippen LogP contribution in [0.1, 0.15) is 32.1 Å². The second-order valence-corrected chi connectivity index (χ2v) is 6.06. The van der Waals surface area contributed by atoms with E-state index in [-0.39, 0.29) is 5.25 Å². The molecule has 0 unspecified atom stereocenters. The van der Waals surface area contributed by atoms with E-state index in [1.54, 1.807) is 0 Å². The summed E-state index contributed by atoms with van der Waals surface area (Å²) in [7, 11) is -3.17. The van der Waals surface area contributed by atoms with Crippen molar-refractivity contribution in [3.8, 4) is 0 Å². The Morgan fingerprint density at radius 3 is 2.09 bits per heavy atom. The van der Waals surface area contributed by atoms with Crippen molar-refractivity contribution >= 4 is 9.84 Å². The second kappa shape index (κ2) is 1.98. The number of hydrogen-bond acceptors (Lipinski definition) is 3. The summed E-state index contributed by atoms with van der Waals surface area (Å²) in [5.41, 5.74) is 0. The summed E-state index contributed by atoms with van der Waals surface area (Å²) >= 11 is 0. The summed E-state index contributed by atoms with van der Waals surface area (Å²) in [5.74, 6) is 0. The van der Waals surface area contributed by atoms with E-state index in [2.05, 4.69) is 0 Å². The molecule has 0 aromatic rings. The summed E-state index contributed by atoms with van der Waals surface area (Å²) in [5, 5.41) is 9.35. The van der Waals surface area contributed by atoms with Crippen molar-refractivity contribution in [2.75, 3.05) is 0 Å². The average molecular weight is 176 g/mol. The lowest BCUT2D eigenvalue weighted by Gasteiger charge is -2.35. The maximum Gasteiger partial charge on any atom is 0.182 e. The van der Waals surface area contributed by atoms with Crippen LogP contribution < -0.4 is 0 Å². The fourth-order valence-corrected chi connectivity index (χ4v) is 3.69. The molecular weight excluding hydrogens is 164 g/mol. The predicted molar refractivity (Wildman–Crippen MR) is 40.7 cm³/mol. The van der Waals surface area contributed by atoms with Crippen LogP contribution in [0.2, 0.25) is 0 Å². The molecule has 0 aromatic heterocycles. The zero-order valence-corrected chi connectivity index (χ0v) is 7.10. The highest BCUT2D eigenvalue weighted by Crippen LogP contribution is 2.44. The molecule has 0 amide bonds. The molecule has 2 saturated carbocycles. The van der Waals surface area contributed by atoms with E-state index in [0.29, 0.717) is 12.8 Å². The van der Waals surface area contributed by atoms with Gasteiger partial charge in [0.1, 0.15) is 0 Å². The van der Waals surface area contributed by atoms with Gasteiger partial charge in [-0.25, -0.2) is 8.42 Å². The molecule has 0 atom stereocenters. The van der Waals surface area contributed by atoms with E-state index >= 15 is 0 Å². The maximum atomic E-state index is 11.4. The molecule has 11 heavy (non-hydrogen) atoms. The highest BCUT2D eigenvalue weighted by molar-refractivity contribution is 7.93. The Morgan fingerprint density at radius 2 is 1.82 bits per heavy atom. The van der Waals surface area contributed by atoms with Crippen LogP contribution in [0, 0.1) is 0 Å². The Morgan fingerprint density at radius 1 is 1.27 bits per heavy atom. The lowest BCUT2D eigenvalue weighted by atomic mass is 9.96. The third kappa shape index (κ3) is 0.924. The standard InChI is InChI=1S/C7H12O3S/c8-7(4-1-5-7)11(9,10)6-2-3-6/h6,8H,1-5H2. The van der Waals surface area contributed by atoms with Gasteiger partial charge in [-0.1, -0.05) is 0 Å². The van der Waals surface area contributed by atoms with Gasteiger partial charge in [-0.05, 0) is 32.1 Å². The van der Waals surface area contributed by atoms with Crippen molar-refractivity contribution in [1.29, 1.82) is 0 Å². The van der Waals surface area contributed by atoms with Gasteiger partial charge in [-0.3, -0.25) is 0 Å². The smallest absolute Gasteiger partial charge is 0.182 e. The van der Waals surface area contributed by atoms with Gasteiger partial charge in [0.05, 0.1) is 5.25 Å². The Balaban J connectivity index is 2.24. The van der Waals surface area contributed by atoms with Crippen molar-refractivity contribution in [2.45, 2.75) is 42.3 Å². The Labute approximate surface area is 66.3 Å². The lowest BCUT2D eigenvalue weighted by Crippen LogP contribution is -2.46. The van der Waals surface area contributed by atoms with Gasteiger partial charge in [0.25, 0.3) is 0 Å². The zero-order valence-electron chi connectivity index (χ0n) is 6.28. The fraction of sp³-hybridized carbons (Fsp3) is 1.00. The fourth-order valence-electron chi connectivity index (χ4n) is 1.45. The Kier molecular flexibility index (Phi) is 1.36. The molecule has 0 bridgehead atoms. The van der Waals surface area contributed by atoms with Crippen LogP contribution in [0.4, 0.5) is 0 Å². The Hall–Kier alpha value is -0.0900. The summed E-state index contributed by atoms with van der Waals surface area (Å²) in [6.45, 7) is 0. The molecule has 2 rings (SSSR count). The average Bonchev–Trinajstić information content (AvgIpc) is 2.62. The summed E-state index contributed by atoms with van der Waals surface area (Å²) < 4.78 is 22.9. The van der Waals surface area contributed by atoms with Gasteiger partial charge in [0, 0.05) is 0 Å². The largest absolute Gasteiger partial charge is 0.374 e. The third-order valence-corrected chi connectivity index (χ3v) is 5.44. The quantitative estimate of drug-likeness (QED) is 0.664. The van der Waals surface area contributed by atoms with Crippen molar-refractivity contribution in [3.05, 3.63) is 0 Å². The van der Waals surface area contributed by atoms with Crippen LogP contribution in [-0.4, -0.2) is 23.7 Å². The van der Waals surface area contributed by atoms with E-state index in [1.807, 2.05) is 0 Å². The highest BCUT2D eigenvalue weighted by Gasteiger charge is 2.53. The topological polar surface area (TPSA) is 54.4 Å². The number of sulfone groups is 1. The zero-order chi connectivity index (χ0) is 8.11. The molecule has 0 aromatic carbocycles. The molecule has 0 heterocycles. The summed E-state index contributed by atoms with van der Waals surface area (Å²) in [6.07, 6.45) is 3.26. The van der Waals surface area contributed by atoms with Gasteiger partial charge >= 0.3 is 0 Å².